The molecule has 0 fully saturated rings. The lowest BCUT2D eigenvalue weighted by atomic mass is 10.1. The molecule has 0 spiro atoms. The molecule has 0 bridgehead atoms. The summed E-state index contributed by atoms with van der Waals surface area (Å²) in [5, 5.41) is 6.71. The van der Waals surface area contributed by atoms with E-state index in [1.165, 1.54) is 12.3 Å². The van der Waals surface area contributed by atoms with Gasteiger partial charge in [0.1, 0.15) is 5.75 Å². The Labute approximate surface area is 174 Å². The summed E-state index contributed by atoms with van der Waals surface area (Å²) in [5.74, 6) is -0.0713. The van der Waals surface area contributed by atoms with Crippen LogP contribution in [0.5, 0.6) is 5.75 Å². The maximum Gasteiger partial charge on any atom is 0.273 e. The van der Waals surface area contributed by atoms with Gasteiger partial charge in [0, 0.05) is 6.08 Å². The highest BCUT2D eigenvalue weighted by Gasteiger charge is 2.11. The summed E-state index contributed by atoms with van der Waals surface area (Å²) in [4.78, 5) is 24.8. The van der Waals surface area contributed by atoms with Crippen LogP contribution in [0.15, 0.2) is 90.0 Å². The molecular weight excluding hydrogens is 378 g/mol. The highest BCUT2D eigenvalue weighted by atomic mass is 16.5. The van der Waals surface area contributed by atoms with Crippen LogP contribution < -0.4 is 15.5 Å². The molecular formula is C24H21N3O3. The minimum absolute atomic E-state index is 0.307. The minimum Gasteiger partial charge on any atom is -0.497 e. The second kappa shape index (κ2) is 10.4. The molecule has 6 heteroatoms. The Morgan fingerprint density at radius 2 is 1.63 bits per heavy atom. The van der Waals surface area contributed by atoms with Crippen molar-refractivity contribution in [1.82, 2.24) is 5.43 Å². The first-order valence-corrected chi connectivity index (χ1v) is 9.26. The summed E-state index contributed by atoms with van der Waals surface area (Å²) in [6, 6.07) is 23.5. The number of carbonyl (C=O) groups is 2. The van der Waals surface area contributed by atoms with E-state index in [0.717, 1.165) is 11.1 Å². The summed E-state index contributed by atoms with van der Waals surface area (Å²) < 4.78 is 5.16. The van der Waals surface area contributed by atoms with Gasteiger partial charge in [-0.05, 0) is 41.5 Å². The average Bonchev–Trinajstić information content (AvgIpc) is 2.79. The van der Waals surface area contributed by atoms with E-state index < -0.39 is 5.91 Å². The summed E-state index contributed by atoms with van der Waals surface area (Å²) in [6.45, 7) is 0. The van der Waals surface area contributed by atoms with Crippen molar-refractivity contribution in [2.45, 2.75) is 0 Å². The number of hydrogen-bond donors (Lipinski definition) is 2. The van der Waals surface area contributed by atoms with Crippen molar-refractivity contribution < 1.29 is 14.3 Å². The van der Waals surface area contributed by atoms with Gasteiger partial charge in [0.05, 0.1) is 24.6 Å². The third-order valence-electron chi connectivity index (χ3n) is 4.13. The number of benzene rings is 3. The van der Waals surface area contributed by atoms with E-state index in [2.05, 4.69) is 15.8 Å². The van der Waals surface area contributed by atoms with E-state index in [-0.39, 0.29) is 5.91 Å². The lowest BCUT2D eigenvalue weighted by molar-refractivity contribution is -0.111. The first-order chi connectivity index (χ1) is 14.7. The van der Waals surface area contributed by atoms with Crippen LogP contribution in [-0.4, -0.2) is 25.1 Å². The second-order valence-electron chi connectivity index (χ2n) is 6.25. The molecule has 0 aromatic heterocycles. The topological polar surface area (TPSA) is 79.8 Å². The molecule has 3 aromatic carbocycles. The fourth-order valence-electron chi connectivity index (χ4n) is 2.65. The van der Waals surface area contributed by atoms with Crippen molar-refractivity contribution in [3.8, 4) is 5.75 Å². The minimum atomic E-state index is -0.433. The monoisotopic (exact) mass is 399 g/mol. The van der Waals surface area contributed by atoms with Crippen molar-refractivity contribution in [3.05, 3.63) is 102 Å². The molecule has 3 aromatic rings. The van der Waals surface area contributed by atoms with E-state index in [4.69, 9.17) is 4.74 Å². The highest BCUT2D eigenvalue weighted by Crippen LogP contribution is 2.15. The molecule has 150 valence electrons. The molecule has 3 rings (SSSR count). The van der Waals surface area contributed by atoms with Gasteiger partial charge in [0.15, 0.2) is 0 Å². The number of nitrogens with zero attached hydrogens (tertiary/aromatic N) is 1. The average molecular weight is 399 g/mol. The molecule has 0 atom stereocenters. The summed E-state index contributed by atoms with van der Waals surface area (Å²) in [6.07, 6.45) is 4.64. The van der Waals surface area contributed by atoms with E-state index >= 15 is 0 Å². The molecule has 0 aliphatic carbocycles. The zero-order chi connectivity index (χ0) is 21.2. The van der Waals surface area contributed by atoms with Gasteiger partial charge in [0.2, 0.25) is 5.91 Å². The van der Waals surface area contributed by atoms with Crippen molar-refractivity contribution >= 4 is 29.8 Å². The molecule has 6 nitrogen and oxygen atoms in total. The standard InChI is InChI=1S/C24H21N3O3/c1-30-20-11-7-10-19(16-20)17-25-27-24(29)21-12-5-6-13-22(21)26-23(28)15-14-18-8-3-2-4-9-18/h2-17H,1H3,(H,26,28)(H,27,29)/b15-14+,25-17-. The Morgan fingerprint density at radius 3 is 2.43 bits per heavy atom. The number of ether oxygens (including phenoxy) is 1. The molecule has 0 heterocycles. The summed E-state index contributed by atoms with van der Waals surface area (Å²) >= 11 is 0. The largest absolute Gasteiger partial charge is 0.497 e. The first-order valence-electron chi connectivity index (χ1n) is 9.26. The van der Waals surface area contributed by atoms with Crippen molar-refractivity contribution in [2.24, 2.45) is 5.10 Å². The lowest BCUT2D eigenvalue weighted by Crippen LogP contribution is -2.20. The van der Waals surface area contributed by atoms with Crippen molar-refractivity contribution in [1.29, 1.82) is 0 Å². The maximum atomic E-state index is 12.5. The van der Waals surface area contributed by atoms with Crippen LogP contribution >= 0.6 is 0 Å². The van der Waals surface area contributed by atoms with E-state index in [1.807, 2.05) is 48.5 Å². The number of hydrazone groups is 1. The van der Waals surface area contributed by atoms with E-state index in [9.17, 15) is 9.59 Å². The third kappa shape index (κ3) is 5.90. The van der Waals surface area contributed by atoms with Crippen LogP contribution in [0.25, 0.3) is 6.08 Å². The van der Waals surface area contributed by atoms with Gasteiger partial charge < -0.3 is 10.1 Å². The number of anilines is 1. The molecule has 2 amide bonds. The zero-order valence-corrected chi connectivity index (χ0v) is 16.4. The summed E-state index contributed by atoms with van der Waals surface area (Å²) in [7, 11) is 1.58. The van der Waals surface area contributed by atoms with Gasteiger partial charge in [0.25, 0.3) is 5.91 Å². The zero-order valence-electron chi connectivity index (χ0n) is 16.4. The van der Waals surface area contributed by atoms with Gasteiger partial charge in [-0.2, -0.15) is 5.10 Å². The van der Waals surface area contributed by atoms with Gasteiger partial charge in [-0.15, -0.1) is 0 Å². The van der Waals surface area contributed by atoms with Gasteiger partial charge in [-0.25, -0.2) is 5.43 Å². The van der Waals surface area contributed by atoms with Crippen LogP contribution in [0.3, 0.4) is 0 Å². The van der Waals surface area contributed by atoms with Crippen molar-refractivity contribution in [3.63, 3.8) is 0 Å². The Balaban J connectivity index is 1.65. The number of rotatable bonds is 7. The molecule has 0 radical (unpaired) electrons. The normalized spacial score (nSPS) is 10.8. The lowest BCUT2D eigenvalue weighted by Gasteiger charge is -2.08. The molecule has 0 saturated heterocycles. The number of nitrogens with one attached hydrogen (secondary N) is 2. The summed E-state index contributed by atoms with van der Waals surface area (Å²) in [5.41, 5.74) is 4.87. The fourth-order valence-corrected chi connectivity index (χ4v) is 2.65. The SMILES string of the molecule is COc1cccc(/C=N\NC(=O)c2ccccc2NC(=O)/C=C/c2ccccc2)c1. The first kappa shape index (κ1) is 20.5. The van der Waals surface area contributed by atoms with Crippen LogP contribution in [0.4, 0.5) is 5.69 Å². The number of amides is 2. The maximum absolute atomic E-state index is 12.5. The van der Waals surface area contributed by atoms with Crippen LogP contribution in [-0.2, 0) is 4.79 Å². The second-order valence-corrected chi connectivity index (χ2v) is 6.25. The Kier molecular flexibility index (Phi) is 7.11. The molecule has 30 heavy (non-hydrogen) atoms. The Hall–Kier alpha value is -4.19. The van der Waals surface area contributed by atoms with Gasteiger partial charge >= 0.3 is 0 Å². The van der Waals surface area contributed by atoms with Gasteiger partial charge in [-0.3, -0.25) is 9.59 Å². The van der Waals surface area contributed by atoms with Crippen molar-refractivity contribution in [2.75, 3.05) is 12.4 Å². The number of para-hydroxylation sites is 1. The van der Waals surface area contributed by atoms with Crippen LogP contribution in [0, 0.1) is 0 Å². The van der Waals surface area contributed by atoms with Crippen LogP contribution in [0.1, 0.15) is 21.5 Å². The fraction of sp³-hybridized carbons (Fsp3) is 0.0417. The molecule has 0 unspecified atom stereocenters. The molecule has 2 N–H and O–H groups in total. The van der Waals surface area contributed by atoms with E-state index in [1.54, 1.807) is 43.5 Å². The highest BCUT2D eigenvalue weighted by molar-refractivity contribution is 6.07. The third-order valence-corrected chi connectivity index (χ3v) is 4.13. The predicted octanol–water partition coefficient (Wildman–Crippen LogP) is 4.11. The quantitative estimate of drug-likeness (QED) is 0.356. The molecule has 0 aliphatic rings. The Bertz CT molecular complexity index is 1080. The number of hydrogen-bond acceptors (Lipinski definition) is 4. The molecule has 0 aliphatic heterocycles. The van der Waals surface area contributed by atoms with Crippen LogP contribution in [0.2, 0.25) is 0 Å². The Morgan fingerprint density at radius 1 is 0.900 bits per heavy atom. The number of methoxy groups -OCH3 is 1. The smallest absolute Gasteiger partial charge is 0.273 e. The van der Waals surface area contributed by atoms with Gasteiger partial charge in [-0.1, -0.05) is 54.6 Å². The number of carbonyl (C=O) groups excluding carboxylic acids is 2. The van der Waals surface area contributed by atoms with E-state index in [0.29, 0.717) is 17.0 Å². The predicted molar refractivity (Wildman–Crippen MR) is 119 cm³/mol. The molecule has 0 saturated carbocycles.